The molecule has 3 nitrogen and oxygen atoms in total. The summed E-state index contributed by atoms with van der Waals surface area (Å²) in [7, 11) is 0. The highest BCUT2D eigenvalue weighted by Gasteiger charge is 2.49. The zero-order valence-corrected chi connectivity index (χ0v) is 7.46. The molecule has 1 fully saturated rings. The van der Waals surface area contributed by atoms with Crippen molar-refractivity contribution in [1.82, 2.24) is 0 Å². The molecule has 1 rings (SSSR count). The molecule has 1 aliphatic rings. The summed E-state index contributed by atoms with van der Waals surface area (Å²) in [5.74, 6) is -0.652. The second-order valence-electron chi connectivity index (χ2n) is 4.11. The maximum Gasteiger partial charge on any atom is 0.303 e. The maximum absolute atomic E-state index is 11.3. The van der Waals surface area contributed by atoms with Gasteiger partial charge in [0.05, 0.1) is 6.42 Å². The van der Waals surface area contributed by atoms with Crippen molar-refractivity contribution in [3.8, 4) is 0 Å². The molecule has 1 aliphatic carbocycles. The molecule has 1 saturated carbocycles. The summed E-state index contributed by atoms with van der Waals surface area (Å²) in [4.78, 5) is 21.4. The van der Waals surface area contributed by atoms with E-state index in [-0.39, 0.29) is 30.0 Å². The fourth-order valence-corrected chi connectivity index (χ4v) is 1.42. The van der Waals surface area contributed by atoms with E-state index in [1.165, 1.54) is 0 Å². The van der Waals surface area contributed by atoms with Crippen LogP contribution in [0.3, 0.4) is 0 Å². The van der Waals surface area contributed by atoms with Crippen LogP contribution in [0.4, 0.5) is 0 Å². The highest BCUT2D eigenvalue weighted by atomic mass is 16.4. The van der Waals surface area contributed by atoms with Crippen LogP contribution in [0.15, 0.2) is 0 Å². The van der Waals surface area contributed by atoms with Gasteiger partial charge in [-0.05, 0) is 11.8 Å². The van der Waals surface area contributed by atoms with Crippen molar-refractivity contribution in [2.75, 3.05) is 0 Å². The normalized spacial score (nSPS) is 25.0. The Morgan fingerprint density at radius 3 is 2.25 bits per heavy atom. The molecule has 1 unspecified atom stereocenters. The van der Waals surface area contributed by atoms with Gasteiger partial charge in [0, 0.05) is 12.3 Å². The zero-order valence-electron chi connectivity index (χ0n) is 7.46. The average Bonchev–Trinajstić information content (AvgIpc) is 2.55. The van der Waals surface area contributed by atoms with Crippen LogP contribution in [0.2, 0.25) is 0 Å². The minimum Gasteiger partial charge on any atom is -0.481 e. The Labute approximate surface area is 71.8 Å². The Morgan fingerprint density at radius 1 is 1.42 bits per heavy atom. The second-order valence-corrected chi connectivity index (χ2v) is 4.11. The molecule has 0 aromatic heterocycles. The Kier molecular flexibility index (Phi) is 2.22. The van der Waals surface area contributed by atoms with Crippen molar-refractivity contribution in [3.05, 3.63) is 0 Å². The lowest BCUT2D eigenvalue weighted by Crippen LogP contribution is -2.08. The van der Waals surface area contributed by atoms with Gasteiger partial charge in [-0.1, -0.05) is 13.8 Å². The number of carboxylic acid groups (broad SMARTS) is 1. The summed E-state index contributed by atoms with van der Waals surface area (Å²) < 4.78 is 0. The molecule has 12 heavy (non-hydrogen) atoms. The third-order valence-corrected chi connectivity index (χ3v) is 2.49. The van der Waals surface area contributed by atoms with Crippen LogP contribution >= 0.6 is 0 Å². The number of carbonyl (C=O) groups excluding carboxylic acids is 1. The molecular formula is C9H14O3. The summed E-state index contributed by atoms with van der Waals surface area (Å²) in [6.07, 6.45) is 1.10. The van der Waals surface area contributed by atoms with Crippen LogP contribution in [0, 0.1) is 11.3 Å². The quantitative estimate of drug-likeness (QED) is 0.695. The molecule has 1 N–H and O–H groups in total. The van der Waals surface area contributed by atoms with E-state index in [4.69, 9.17) is 5.11 Å². The second kappa shape index (κ2) is 2.88. The summed E-state index contributed by atoms with van der Waals surface area (Å²) >= 11 is 0. The SMILES string of the molecule is CC1(C)CC1C(=O)CCC(=O)O. The van der Waals surface area contributed by atoms with Crippen molar-refractivity contribution < 1.29 is 14.7 Å². The predicted octanol–water partition coefficient (Wildman–Crippen LogP) is 1.47. The van der Waals surface area contributed by atoms with Gasteiger partial charge < -0.3 is 5.11 Å². The number of carboxylic acids is 1. The third-order valence-electron chi connectivity index (χ3n) is 2.49. The van der Waals surface area contributed by atoms with E-state index in [1.54, 1.807) is 0 Å². The number of carbonyl (C=O) groups is 2. The first-order valence-corrected chi connectivity index (χ1v) is 4.18. The van der Waals surface area contributed by atoms with Crippen LogP contribution in [-0.4, -0.2) is 16.9 Å². The van der Waals surface area contributed by atoms with E-state index >= 15 is 0 Å². The molecule has 0 aromatic carbocycles. The van der Waals surface area contributed by atoms with Crippen LogP contribution in [0.5, 0.6) is 0 Å². The van der Waals surface area contributed by atoms with Crippen molar-refractivity contribution in [2.45, 2.75) is 33.1 Å². The minimum atomic E-state index is -0.887. The maximum atomic E-state index is 11.3. The number of aliphatic carboxylic acids is 1. The van der Waals surface area contributed by atoms with Gasteiger partial charge >= 0.3 is 5.97 Å². The van der Waals surface area contributed by atoms with Crippen LogP contribution < -0.4 is 0 Å². The largest absolute Gasteiger partial charge is 0.481 e. The van der Waals surface area contributed by atoms with Gasteiger partial charge in [0.25, 0.3) is 0 Å². The lowest BCUT2D eigenvalue weighted by Gasteiger charge is -2.00. The van der Waals surface area contributed by atoms with Crippen molar-refractivity contribution in [2.24, 2.45) is 11.3 Å². The molecule has 0 radical (unpaired) electrons. The third kappa shape index (κ3) is 2.06. The van der Waals surface area contributed by atoms with Gasteiger partial charge in [-0.2, -0.15) is 0 Å². The Bertz CT molecular complexity index is 218. The monoisotopic (exact) mass is 170 g/mol. The van der Waals surface area contributed by atoms with E-state index in [0.717, 1.165) is 6.42 Å². The van der Waals surface area contributed by atoms with Gasteiger partial charge in [0.15, 0.2) is 0 Å². The number of hydrogen-bond acceptors (Lipinski definition) is 2. The molecule has 0 saturated heterocycles. The van der Waals surface area contributed by atoms with Gasteiger partial charge in [-0.3, -0.25) is 9.59 Å². The zero-order chi connectivity index (χ0) is 9.35. The molecule has 0 spiro atoms. The fraction of sp³-hybridized carbons (Fsp3) is 0.778. The highest BCUT2D eigenvalue weighted by molar-refractivity contribution is 5.87. The van der Waals surface area contributed by atoms with E-state index < -0.39 is 5.97 Å². The number of ketones is 1. The Balaban J connectivity index is 2.27. The Hall–Kier alpha value is -0.860. The lowest BCUT2D eigenvalue weighted by atomic mass is 10.0. The molecule has 0 heterocycles. The van der Waals surface area contributed by atoms with Crippen molar-refractivity contribution >= 4 is 11.8 Å². The lowest BCUT2D eigenvalue weighted by molar-refractivity contribution is -0.138. The minimum absolute atomic E-state index is 0.0224. The van der Waals surface area contributed by atoms with Gasteiger partial charge in [0.2, 0.25) is 0 Å². The molecule has 3 heteroatoms. The number of Topliss-reactive ketones (excluding diaryl/α,β-unsaturated/α-hetero) is 1. The predicted molar refractivity (Wildman–Crippen MR) is 43.8 cm³/mol. The first kappa shape index (κ1) is 9.23. The van der Waals surface area contributed by atoms with Crippen molar-refractivity contribution in [3.63, 3.8) is 0 Å². The summed E-state index contributed by atoms with van der Waals surface area (Å²) in [5.41, 5.74) is 0.135. The van der Waals surface area contributed by atoms with Crippen LogP contribution in [0.1, 0.15) is 33.1 Å². The average molecular weight is 170 g/mol. The Morgan fingerprint density at radius 2 is 1.92 bits per heavy atom. The molecule has 0 aliphatic heterocycles. The molecule has 0 amide bonds. The smallest absolute Gasteiger partial charge is 0.303 e. The van der Waals surface area contributed by atoms with E-state index in [9.17, 15) is 9.59 Å². The molecule has 1 atom stereocenters. The van der Waals surface area contributed by atoms with Gasteiger partial charge in [0.1, 0.15) is 5.78 Å². The molecule has 0 aromatic rings. The topological polar surface area (TPSA) is 54.4 Å². The van der Waals surface area contributed by atoms with Crippen LogP contribution in [-0.2, 0) is 9.59 Å². The van der Waals surface area contributed by atoms with Gasteiger partial charge in [-0.25, -0.2) is 0 Å². The van der Waals surface area contributed by atoms with Gasteiger partial charge in [-0.15, -0.1) is 0 Å². The summed E-state index contributed by atoms with van der Waals surface area (Å²) in [6.45, 7) is 4.08. The van der Waals surface area contributed by atoms with E-state index in [1.807, 2.05) is 13.8 Å². The first-order valence-electron chi connectivity index (χ1n) is 4.18. The molecule has 68 valence electrons. The number of rotatable bonds is 4. The summed E-state index contributed by atoms with van der Waals surface area (Å²) in [6, 6.07) is 0. The van der Waals surface area contributed by atoms with E-state index in [0.29, 0.717) is 0 Å². The standard InChI is InChI=1S/C9H14O3/c1-9(2)5-6(9)7(10)3-4-8(11)12/h6H,3-5H2,1-2H3,(H,11,12). The summed E-state index contributed by atoms with van der Waals surface area (Å²) in [5, 5.41) is 8.34. The first-order chi connectivity index (χ1) is 5.43. The molecular weight excluding hydrogens is 156 g/mol. The molecule has 0 bridgehead atoms. The van der Waals surface area contributed by atoms with E-state index in [2.05, 4.69) is 0 Å². The number of hydrogen-bond donors (Lipinski definition) is 1. The fourth-order valence-electron chi connectivity index (χ4n) is 1.42. The van der Waals surface area contributed by atoms with Crippen LogP contribution in [0.25, 0.3) is 0 Å². The highest BCUT2D eigenvalue weighted by Crippen LogP contribution is 2.52. The van der Waals surface area contributed by atoms with Crippen molar-refractivity contribution in [1.29, 1.82) is 0 Å².